The molecule has 2 saturated carbocycles. The Bertz CT molecular complexity index is 688. The van der Waals surface area contributed by atoms with Crippen LogP contribution in [0, 0.1) is 35.5 Å². The molecule has 1 nitrogen and oxygen atoms in total. The molecule has 31 heavy (non-hydrogen) atoms. The van der Waals surface area contributed by atoms with Gasteiger partial charge < -0.3 is 4.74 Å². The van der Waals surface area contributed by atoms with Crippen molar-refractivity contribution in [1.29, 1.82) is 0 Å². The van der Waals surface area contributed by atoms with E-state index in [0.717, 1.165) is 54.4 Å². The maximum Gasteiger partial charge on any atom is 0.119 e. The first-order valence-corrected chi connectivity index (χ1v) is 13.2. The zero-order chi connectivity index (χ0) is 21.7. The minimum atomic E-state index is 0.736. The van der Waals surface area contributed by atoms with Gasteiger partial charge in [-0.1, -0.05) is 83.1 Å². The van der Waals surface area contributed by atoms with E-state index < -0.39 is 0 Å². The SMILES string of the molecule is CCCCOc1ccc(C#C/C=C/C2CCC(CC[C@H]3CC[C@H](CC)CC3)CC2)cc1. The molecule has 1 aromatic rings. The standard InChI is InChI=1S/C30H44O/c1-3-5-24-31-30-22-20-27(21-23-30)9-7-6-8-26-14-16-29(17-15-26)19-18-28-12-10-25(4-2)11-13-28/h6,8,20-23,25-26,28-29H,3-5,10-19,24H2,1-2H3/b8-6+/t25-,26?,28-,29?. The molecule has 0 amide bonds. The lowest BCUT2D eigenvalue weighted by Crippen LogP contribution is -2.17. The van der Waals surface area contributed by atoms with Crippen molar-refractivity contribution in [2.45, 2.75) is 97.3 Å². The van der Waals surface area contributed by atoms with Gasteiger partial charge in [0.25, 0.3) is 0 Å². The monoisotopic (exact) mass is 420 g/mol. The number of benzene rings is 1. The molecule has 0 N–H and O–H groups in total. The number of allylic oxidation sites excluding steroid dienone is 2. The van der Waals surface area contributed by atoms with Crippen LogP contribution in [-0.2, 0) is 0 Å². The van der Waals surface area contributed by atoms with Gasteiger partial charge in [-0.05, 0) is 86.1 Å². The van der Waals surface area contributed by atoms with Crippen molar-refractivity contribution < 1.29 is 4.74 Å². The van der Waals surface area contributed by atoms with Crippen molar-refractivity contribution in [2.75, 3.05) is 6.61 Å². The minimum absolute atomic E-state index is 0.736. The second-order valence-corrected chi connectivity index (χ2v) is 10.0. The van der Waals surface area contributed by atoms with Gasteiger partial charge in [-0.25, -0.2) is 0 Å². The molecule has 1 aromatic carbocycles. The molecule has 1 heteroatoms. The smallest absolute Gasteiger partial charge is 0.119 e. The molecule has 2 fully saturated rings. The second kappa shape index (κ2) is 13.7. The Morgan fingerprint density at radius 2 is 1.45 bits per heavy atom. The Morgan fingerprint density at radius 3 is 2.06 bits per heavy atom. The largest absolute Gasteiger partial charge is 0.494 e. The van der Waals surface area contributed by atoms with Crippen LogP contribution in [0.2, 0.25) is 0 Å². The quantitative estimate of drug-likeness (QED) is 0.287. The predicted molar refractivity (Wildman–Crippen MR) is 133 cm³/mol. The van der Waals surface area contributed by atoms with E-state index in [-0.39, 0.29) is 0 Å². The Balaban J connectivity index is 1.31. The highest BCUT2D eigenvalue weighted by molar-refractivity contribution is 5.40. The zero-order valence-corrected chi connectivity index (χ0v) is 20.1. The van der Waals surface area contributed by atoms with Gasteiger partial charge in [0.2, 0.25) is 0 Å². The molecule has 2 aliphatic carbocycles. The molecule has 0 radical (unpaired) electrons. The lowest BCUT2D eigenvalue weighted by molar-refractivity contribution is 0.224. The van der Waals surface area contributed by atoms with Crippen molar-refractivity contribution in [3.8, 4) is 17.6 Å². The fraction of sp³-hybridized carbons (Fsp3) is 0.667. The third kappa shape index (κ3) is 8.76. The van der Waals surface area contributed by atoms with E-state index in [1.54, 1.807) is 0 Å². The summed E-state index contributed by atoms with van der Waals surface area (Å²) in [5.41, 5.74) is 1.06. The van der Waals surface area contributed by atoms with Crippen LogP contribution in [0.3, 0.4) is 0 Å². The number of hydrogen-bond acceptors (Lipinski definition) is 1. The lowest BCUT2D eigenvalue weighted by atomic mass is 9.75. The maximum absolute atomic E-state index is 5.71. The van der Waals surface area contributed by atoms with Gasteiger partial charge in [-0.15, -0.1) is 0 Å². The van der Waals surface area contributed by atoms with E-state index >= 15 is 0 Å². The first kappa shape index (κ1) is 24.0. The summed E-state index contributed by atoms with van der Waals surface area (Å²) in [6.07, 6.45) is 22.6. The molecule has 170 valence electrons. The average Bonchev–Trinajstić information content (AvgIpc) is 2.82. The number of hydrogen-bond donors (Lipinski definition) is 0. The van der Waals surface area contributed by atoms with Gasteiger partial charge >= 0.3 is 0 Å². The molecular formula is C30H44O. The van der Waals surface area contributed by atoms with Gasteiger partial charge in [0.1, 0.15) is 5.75 Å². The summed E-state index contributed by atoms with van der Waals surface area (Å²) < 4.78 is 5.71. The van der Waals surface area contributed by atoms with E-state index in [2.05, 4.69) is 50.0 Å². The minimum Gasteiger partial charge on any atom is -0.494 e. The third-order valence-corrected chi connectivity index (χ3v) is 7.71. The van der Waals surface area contributed by atoms with E-state index in [9.17, 15) is 0 Å². The highest BCUT2D eigenvalue weighted by Crippen LogP contribution is 2.37. The Kier molecular flexibility index (Phi) is 10.6. The highest BCUT2D eigenvalue weighted by Gasteiger charge is 2.23. The van der Waals surface area contributed by atoms with E-state index in [1.807, 2.05) is 12.1 Å². The topological polar surface area (TPSA) is 9.23 Å². The molecule has 2 aliphatic rings. The molecule has 0 heterocycles. The van der Waals surface area contributed by atoms with E-state index in [1.165, 1.54) is 70.6 Å². The first-order chi connectivity index (χ1) is 15.3. The zero-order valence-electron chi connectivity index (χ0n) is 20.1. The fourth-order valence-corrected chi connectivity index (χ4v) is 5.35. The van der Waals surface area contributed by atoms with E-state index in [0.29, 0.717) is 0 Å². The van der Waals surface area contributed by atoms with Crippen LogP contribution in [0.4, 0.5) is 0 Å². The summed E-state index contributed by atoms with van der Waals surface area (Å²) in [5, 5.41) is 0. The average molecular weight is 421 g/mol. The van der Waals surface area contributed by atoms with Crippen LogP contribution in [0.5, 0.6) is 5.75 Å². The van der Waals surface area contributed by atoms with Crippen molar-refractivity contribution in [3.05, 3.63) is 42.0 Å². The molecule has 3 rings (SSSR count). The van der Waals surface area contributed by atoms with Crippen molar-refractivity contribution in [2.24, 2.45) is 23.7 Å². The molecule has 0 saturated heterocycles. The summed E-state index contributed by atoms with van der Waals surface area (Å²) >= 11 is 0. The van der Waals surface area contributed by atoms with Crippen molar-refractivity contribution in [1.82, 2.24) is 0 Å². The molecule has 0 spiro atoms. The molecule has 0 atom stereocenters. The summed E-state index contributed by atoms with van der Waals surface area (Å²) in [5.74, 6) is 11.2. The number of unbranched alkanes of at least 4 members (excludes halogenated alkanes) is 1. The Labute approximate surface area is 192 Å². The Morgan fingerprint density at radius 1 is 0.839 bits per heavy atom. The van der Waals surface area contributed by atoms with E-state index in [4.69, 9.17) is 4.74 Å². The van der Waals surface area contributed by atoms with Gasteiger partial charge in [0, 0.05) is 5.56 Å². The van der Waals surface area contributed by atoms with Gasteiger partial charge in [0.05, 0.1) is 6.61 Å². The lowest BCUT2D eigenvalue weighted by Gasteiger charge is -2.31. The van der Waals surface area contributed by atoms with Gasteiger partial charge in [0.15, 0.2) is 0 Å². The van der Waals surface area contributed by atoms with Gasteiger partial charge in [-0.2, -0.15) is 0 Å². The summed E-state index contributed by atoms with van der Waals surface area (Å²) in [6, 6.07) is 8.17. The third-order valence-electron chi connectivity index (χ3n) is 7.71. The van der Waals surface area contributed by atoms with Crippen molar-refractivity contribution in [3.63, 3.8) is 0 Å². The first-order valence-electron chi connectivity index (χ1n) is 13.2. The molecular weight excluding hydrogens is 376 g/mol. The summed E-state index contributed by atoms with van der Waals surface area (Å²) in [4.78, 5) is 0. The molecule has 0 unspecified atom stereocenters. The Hall–Kier alpha value is -1.68. The van der Waals surface area contributed by atoms with Crippen molar-refractivity contribution >= 4 is 0 Å². The maximum atomic E-state index is 5.71. The van der Waals surface area contributed by atoms with Crippen LogP contribution < -0.4 is 4.74 Å². The normalized spacial score (nSPS) is 26.4. The van der Waals surface area contributed by atoms with Crippen LogP contribution in [0.25, 0.3) is 0 Å². The summed E-state index contributed by atoms with van der Waals surface area (Å²) in [6.45, 7) is 5.35. The molecule has 0 aliphatic heterocycles. The molecule has 0 bridgehead atoms. The van der Waals surface area contributed by atoms with Crippen LogP contribution in [-0.4, -0.2) is 6.61 Å². The molecule has 0 aromatic heterocycles. The van der Waals surface area contributed by atoms with Crippen LogP contribution in [0.15, 0.2) is 36.4 Å². The van der Waals surface area contributed by atoms with Crippen LogP contribution in [0.1, 0.15) is 103 Å². The number of ether oxygens (including phenoxy) is 1. The number of rotatable bonds is 9. The fourth-order valence-electron chi connectivity index (χ4n) is 5.35. The highest BCUT2D eigenvalue weighted by atomic mass is 16.5. The second-order valence-electron chi connectivity index (χ2n) is 10.0. The predicted octanol–water partition coefficient (Wildman–Crippen LogP) is 8.58. The summed E-state index contributed by atoms with van der Waals surface area (Å²) in [7, 11) is 0. The van der Waals surface area contributed by atoms with Gasteiger partial charge in [-0.3, -0.25) is 0 Å². The van der Waals surface area contributed by atoms with Crippen LogP contribution >= 0.6 is 0 Å².